The van der Waals surface area contributed by atoms with E-state index >= 15 is 0 Å². The van der Waals surface area contributed by atoms with Crippen LogP contribution in [0.5, 0.6) is 5.75 Å². The van der Waals surface area contributed by atoms with Crippen molar-refractivity contribution in [1.29, 1.82) is 0 Å². The molecule has 34 heavy (non-hydrogen) atoms. The number of carbonyl (C=O) groups is 1. The SMILES string of the molecule is Cc1snnc1/C(=N\OCc1csc(NC(=O)C(F)(F)Oc2ccccc2)n1)c1ccccc1. The number of hydrogen-bond donors (Lipinski definition) is 1. The summed E-state index contributed by atoms with van der Waals surface area (Å²) in [6.07, 6.45) is -4.07. The first-order valence-corrected chi connectivity index (χ1v) is 11.5. The van der Waals surface area contributed by atoms with Crippen LogP contribution in [0, 0.1) is 6.92 Å². The van der Waals surface area contributed by atoms with Crippen LogP contribution in [-0.4, -0.2) is 32.3 Å². The van der Waals surface area contributed by atoms with Crippen molar-refractivity contribution in [3.05, 3.63) is 87.9 Å². The Morgan fingerprint density at radius 2 is 1.82 bits per heavy atom. The van der Waals surface area contributed by atoms with Crippen LogP contribution in [0.3, 0.4) is 0 Å². The average Bonchev–Trinajstić information content (AvgIpc) is 3.46. The lowest BCUT2D eigenvalue weighted by Gasteiger charge is -2.16. The van der Waals surface area contributed by atoms with E-state index in [0.29, 0.717) is 17.1 Å². The van der Waals surface area contributed by atoms with Gasteiger partial charge in [-0.15, -0.1) is 16.4 Å². The zero-order chi connectivity index (χ0) is 24.0. The lowest BCUT2D eigenvalue weighted by molar-refractivity contribution is -0.187. The van der Waals surface area contributed by atoms with Gasteiger partial charge in [0.25, 0.3) is 0 Å². The van der Waals surface area contributed by atoms with Crippen molar-refractivity contribution >= 4 is 39.6 Å². The summed E-state index contributed by atoms with van der Waals surface area (Å²) in [5.41, 5.74) is 2.30. The second-order valence-corrected chi connectivity index (χ2v) is 8.60. The number of ether oxygens (including phenoxy) is 1. The predicted molar refractivity (Wildman–Crippen MR) is 124 cm³/mol. The van der Waals surface area contributed by atoms with Gasteiger partial charge < -0.3 is 9.57 Å². The van der Waals surface area contributed by atoms with Crippen LogP contribution in [0.2, 0.25) is 0 Å². The highest BCUT2D eigenvalue weighted by atomic mass is 32.1. The number of thiazole rings is 1. The topological polar surface area (TPSA) is 98.6 Å². The van der Waals surface area contributed by atoms with Gasteiger partial charge in [0, 0.05) is 10.9 Å². The molecule has 0 bridgehead atoms. The van der Waals surface area contributed by atoms with Gasteiger partial charge in [0.15, 0.2) is 11.7 Å². The standard InChI is InChI=1S/C22H17F2N5O3S2/c1-14-18(27-29-34-14)19(15-8-4-2-5-9-15)28-31-12-16-13-33-21(25-16)26-20(30)22(23,24)32-17-10-6-3-7-11-17/h2-11,13H,12H2,1H3,(H,25,26,30)/b28-19-. The minimum atomic E-state index is -4.07. The smallest absolute Gasteiger partial charge is 0.425 e. The lowest BCUT2D eigenvalue weighted by Crippen LogP contribution is -2.39. The molecule has 8 nitrogen and oxygen atoms in total. The fraction of sp³-hybridized carbons (Fsp3) is 0.136. The molecule has 2 aromatic heterocycles. The summed E-state index contributed by atoms with van der Waals surface area (Å²) in [4.78, 5) is 22.4. The van der Waals surface area contributed by atoms with E-state index in [9.17, 15) is 13.6 Å². The molecule has 4 rings (SSSR count). The highest BCUT2D eigenvalue weighted by molar-refractivity contribution is 7.13. The number of aryl methyl sites for hydroxylation is 1. The minimum Gasteiger partial charge on any atom is -0.425 e. The Morgan fingerprint density at radius 1 is 1.12 bits per heavy atom. The monoisotopic (exact) mass is 501 g/mol. The Balaban J connectivity index is 1.40. The van der Waals surface area contributed by atoms with E-state index in [1.807, 2.05) is 37.3 Å². The van der Waals surface area contributed by atoms with Crippen LogP contribution in [0.4, 0.5) is 13.9 Å². The molecule has 0 saturated heterocycles. The van der Waals surface area contributed by atoms with Crippen molar-refractivity contribution < 1.29 is 23.1 Å². The van der Waals surface area contributed by atoms with Gasteiger partial charge in [0.1, 0.15) is 17.2 Å². The number of nitrogens with zero attached hydrogens (tertiary/aromatic N) is 4. The molecule has 0 fully saturated rings. The van der Waals surface area contributed by atoms with Crippen LogP contribution in [0.15, 0.2) is 71.2 Å². The number of nitrogens with one attached hydrogen (secondary N) is 1. The quantitative estimate of drug-likeness (QED) is 0.259. The molecule has 12 heteroatoms. The molecule has 1 amide bonds. The first kappa shape index (κ1) is 23.4. The van der Waals surface area contributed by atoms with Gasteiger partial charge in [0.2, 0.25) is 0 Å². The molecular formula is C22H17F2N5O3S2. The fourth-order valence-corrected chi connectivity index (χ4v) is 3.88. The molecule has 0 aliphatic heterocycles. The van der Waals surface area contributed by atoms with Crippen molar-refractivity contribution in [3.8, 4) is 5.75 Å². The van der Waals surface area contributed by atoms with Gasteiger partial charge in [-0.3, -0.25) is 10.1 Å². The second-order valence-electron chi connectivity index (χ2n) is 6.79. The van der Waals surface area contributed by atoms with E-state index in [1.165, 1.54) is 35.8 Å². The summed E-state index contributed by atoms with van der Waals surface area (Å²) < 4.78 is 36.7. The number of rotatable bonds is 9. The van der Waals surface area contributed by atoms with Crippen LogP contribution in [-0.2, 0) is 16.2 Å². The molecule has 2 heterocycles. The molecule has 0 unspecified atom stereocenters. The van der Waals surface area contributed by atoms with Gasteiger partial charge in [-0.1, -0.05) is 58.2 Å². The molecule has 2 aromatic carbocycles. The molecule has 0 spiro atoms. The summed E-state index contributed by atoms with van der Waals surface area (Å²) in [5, 5.41) is 11.9. The Bertz CT molecular complexity index is 1280. The van der Waals surface area contributed by atoms with Crippen LogP contribution in [0.25, 0.3) is 0 Å². The number of para-hydroxylation sites is 1. The van der Waals surface area contributed by atoms with Crippen molar-refractivity contribution in [3.63, 3.8) is 0 Å². The summed E-state index contributed by atoms with van der Waals surface area (Å²) in [7, 11) is 0. The molecule has 0 saturated carbocycles. The highest BCUT2D eigenvalue weighted by Gasteiger charge is 2.42. The zero-order valence-electron chi connectivity index (χ0n) is 17.6. The summed E-state index contributed by atoms with van der Waals surface area (Å²) >= 11 is 2.22. The lowest BCUT2D eigenvalue weighted by atomic mass is 10.1. The highest BCUT2D eigenvalue weighted by Crippen LogP contribution is 2.24. The number of alkyl halides is 2. The number of halogens is 2. The van der Waals surface area contributed by atoms with Gasteiger partial charge in [-0.25, -0.2) is 4.98 Å². The van der Waals surface area contributed by atoms with Crippen LogP contribution >= 0.6 is 22.9 Å². The zero-order valence-corrected chi connectivity index (χ0v) is 19.3. The maximum Gasteiger partial charge on any atom is 0.482 e. The third-order valence-corrected chi connectivity index (χ3v) is 5.75. The van der Waals surface area contributed by atoms with E-state index in [2.05, 4.69) is 29.8 Å². The van der Waals surface area contributed by atoms with E-state index < -0.39 is 12.0 Å². The third kappa shape index (κ3) is 5.77. The third-order valence-electron chi connectivity index (χ3n) is 4.32. The van der Waals surface area contributed by atoms with E-state index in [0.717, 1.165) is 21.8 Å². The number of anilines is 1. The number of oxime groups is 1. The number of amides is 1. The number of aromatic nitrogens is 3. The normalized spacial score (nSPS) is 11.8. The first-order chi connectivity index (χ1) is 16.4. The molecular weight excluding hydrogens is 484 g/mol. The van der Waals surface area contributed by atoms with Gasteiger partial charge in [0.05, 0.1) is 10.6 Å². The molecule has 0 aliphatic carbocycles. The van der Waals surface area contributed by atoms with E-state index in [-0.39, 0.29) is 17.5 Å². The maximum absolute atomic E-state index is 14.1. The summed E-state index contributed by atoms with van der Waals surface area (Å²) in [6, 6.07) is 16.7. The first-order valence-electron chi connectivity index (χ1n) is 9.85. The van der Waals surface area contributed by atoms with Gasteiger partial charge >= 0.3 is 12.0 Å². The van der Waals surface area contributed by atoms with Crippen molar-refractivity contribution in [2.45, 2.75) is 19.6 Å². The molecule has 174 valence electrons. The van der Waals surface area contributed by atoms with Gasteiger partial charge in [-0.05, 0) is 30.6 Å². The Kier molecular flexibility index (Phi) is 7.18. The van der Waals surface area contributed by atoms with Crippen LogP contribution < -0.4 is 10.1 Å². The van der Waals surface area contributed by atoms with E-state index in [4.69, 9.17) is 4.84 Å². The average molecular weight is 502 g/mol. The summed E-state index contributed by atoms with van der Waals surface area (Å²) in [6.45, 7) is 1.83. The number of hydrogen-bond acceptors (Lipinski definition) is 9. The Morgan fingerprint density at radius 3 is 2.50 bits per heavy atom. The molecule has 1 N–H and O–H groups in total. The van der Waals surface area contributed by atoms with Gasteiger partial charge in [-0.2, -0.15) is 8.78 Å². The van der Waals surface area contributed by atoms with Crippen molar-refractivity contribution in [2.75, 3.05) is 5.32 Å². The molecule has 0 radical (unpaired) electrons. The predicted octanol–water partition coefficient (Wildman–Crippen LogP) is 4.88. The number of benzene rings is 2. The maximum atomic E-state index is 14.1. The molecule has 4 aromatic rings. The minimum absolute atomic E-state index is 0.0215. The fourth-order valence-electron chi connectivity index (χ4n) is 2.73. The summed E-state index contributed by atoms with van der Waals surface area (Å²) in [5.74, 6) is -1.76. The Labute approximate surface area is 201 Å². The van der Waals surface area contributed by atoms with E-state index in [1.54, 1.807) is 11.4 Å². The van der Waals surface area contributed by atoms with Crippen LogP contribution in [0.1, 0.15) is 21.8 Å². The number of carbonyl (C=O) groups excluding carboxylic acids is 1. The molecule has 0 atom stereocenters. The largest absolute Gasteiger partial charge is 0.482 e. The Hall–Kier alpha value is -3.77. The molecule has 0 aliphatic rings. The van der Waals surface area contributed by atoms with Crippen molar-refractivity contribution in [2.24, 2.45) is 5.16 Å². The second kappa shape index (κ2) is 10.4. The van der Waals surface area contributed by atoms with Crippen molar-refractivity contribution in [1.82, 2.24) is 14.6 Å².